The zero-order valence-corrected chi connectivity index (χ0v) is 25.6. The highest BCUT2D eigenvalue weighted by Crippen LogP contribution is 2.42. The number of aryl methyl sites for hydroxylation is 1. The van der Waals surface area contributed by atoms with Gasteiger partial charge in [0.05, 0.1) is 18.3 Å². The van der Waals surface area contributed by atoms with Crippen LogP contribution in [0, 0.1) is 0 Å². The summed E-state index contributed by atoms with van der Waals surface area (Å²) in [4.78, 5) is 4.95. The van der Waals surface area contributed by atoms with Crippen LogP contribution in [-0.4, -0.2) is 24.2 Å². The zero-order valence-electron chi connectivity index (χ0n) is 24.7. The summed E-state index contributed by atoms with van der Waals surface area (Å²) in [6.07, 6.45) is 5.00. The van der Waals surface area contributed by atoms with Crippen LogP contribution in [0.1, 0.15) is 46.4 Å². The molecule has 1 atom stereocenters. The molecule has 0 bridgehead atoms. The minimum Gasteiger partial charge on any atom is -0.318 e. The number of hydrogen-bond acceptors (Lipinski definition) is 4. The van der Waals surface area contributed by atoms with Gasteiger partial charge in [-0.2, -0.15) is 8.42 Å². The minimum atomic E-state index is -3.79. The van der Waals surface area contributed by atoms with Crippen molar-refractivity contribution in [3.8, 4) is 11.3 Å². The van der Waals surface area contributed by atoms with Crippen molar-refractivity contribution >= 4 is 10.1 Å². The second-order valence-corrected chi connectivity index (χ2v) is 12.4. The highest BCUT2D eigenvalue weighted by molar-refractivity contribution is 7.86. The number of nitrogens with zero attached hydrogens (tertiary/aromatic N) is 2. The molecule has 6 rings (SSSR count). The van der Waals surface area contributed by atoms with Gasteiger partial charge in [-0.25, -0.2) is 4.98 Å². The van der Waals surface area contributed by atoms with E-state index in [-0.39, 0.29) is 0 Å². The summed E-state index contributed by atoms with van der Waals surface area (Å²) in [5.74, 6) is 0. The fourth-order valence-electron chi connectivity index (χ4n) is 6.03. The highest BCUT2D eigenvalue weighted by Gasteiger charge is 2.38. The Morgan fingerprint density at radius 3 is 1.82 bits per heavy atom. The van der Waals surface area contributed by atoms with Crippen molar-refractivity contribution in [2.75, 3.05) is 6.26 Å². The summed E-state index contributed by atoms with van der Waals surface area (Å²) >= 11 is 0. The molecule has 44 heavy (non-hydrogen) atoms. The molecular formula is C38H34N2O3S. The molecule has 0 saturated carbocycles. The van der Waals surface area contributed by atoms with Gasteiger partial charge in [-0.05, 0) is 39.8 Å². The van der Waals surface area contributed by atoms with E-state index in [4.69, 9.17) is 9.17 Å². The van der Waals surface area contributed by atoms with Gasteiger partial charge in [-0.3, -0.25) is 4.18 Å². The maximum absolute atomic E-state index is 12.6. The molecule has 0 N–H and O–H groups in total. The second-order valence-electron chi connectivity index (χ2n) is 10.8. The fourth-order valence-corrected chi connectivity index (χ4v) is 6.59. The van der Waals surface area contributed by atoms with E-state index in [0.717, 1.165) is 51.6 Å². The number of aromatic nitrogens is 2. The molecule has 0 aliphatic heterocycles. The summed E-state index contributed by atoms with van der Waals surface area (Å²) in [6.45, 7) is 2.07. The molecule has 0 aliphatic carbocycles. The van der Waals surface area contributed by atoms with Crippen LogP contribution >= 0.6 is 0 Å². The molecule has 1 heterocycles. The lowest BCUT2D eigenvalue weighted by Gasteiger charge is -2.37. The molecule has 5 aromatic carbocycles. The van der Waals surface area contributed by atoms with Crippen molar-refractivity contribution in [3.63, 3.8) is 0 Å². The van der Waals surface area contributed by atoms with Gasteiger partial charge in [0.25, 0.3) is 10.1 Å². The van der Waals surface area contributed by atoms with Crippen LogP contribution in [0.2, 0.25) is 0 Å². The predicted molar refractivity (Wildman–Crippen MR) is 176 cm³/mol. The summed E-state index contributed by atoms with van der Waals surface area (Å²) in [5, 5.41) is 0. The van der Waals surface area contributed by atoms with Crippen molar-refractivity contribution in [1.29, 1.82) is 0 Å². The molecule has 0 aliphatic rings. The first-order valence-corrected chi connectivity index (χ1v) is 16.5. The van der Waals surface area contributed by atoms with Gasteiger partial charge >= 0.3 is 0 Å². The SMILES string of the molecule is CCc1cccc(C(OS(C)(=O)=O)c2ccccc2-c2cn(C(c3ccccc3)(c3ccccc3)c3ccccc3)cn2)c1. The smallest absolute Gasteiger partial charge is 0.265 e. The van der Waals surface area contributed by atoms with E-state index < -0.39 is 21.8 Å². The maximum Gasteiger partial charge on any atom is 0.265 e. The van der Waals surface area contributed by atoms with Crippen LogP contribution in [-0.2, 0) is 26.3 Å². The Morgan fingerprint density at radius 1 is 0.727 bits per heavy atom. The third kappa shape index (κ3) is 5.74. The Kier molecular flexibility index (Phi) is 8.29. The monoisotopic (exact) mass is 598 g/mol. The van der Waals surface area contributed by atoms with Crippen molar-refractivity contribution in [3.05, 3.63) is 185 Å². The van der Waals surface area contributed by atoms with Crippen LogP contribution in [0.15, 0.2) is 152 Å². The zero-order chi connectivity index (χ0) is 30.6. The Bertz CT molecular complexity index is 1860. The summed E-state index contributed by atoms with van der Waals surface area (Å²) in [6, 6.07) is 46.9. The summed E-state index contributed by atoms with van der Waals surface area (Å²) in [5.41, 5.74) is 6.64. The maximum atomic E-state index is 12.6. The molecule has 220 valence electrons. The van der Waals surface area contributed by atoms with Crippen LogP contribution in [0.25, 0.3) is 11.3 Å². The van der Waals surface area contributed by atoms with Gasteiger partial charge in [0.1, 0.15) is 11.6 Å². The van der Waals surface area contributed by atoms with E-state index in [1.165, 1.54) is 0 Å². The minimum absolute atomic E-state index is 0.710. The van der Waals surface area contributed by atoms with E-state index in [0.29, 0.717) is 5.69 Å². The van der Waals surface area contributed by atoms with Gasteiger partial charge in [0.15, 0.2) is 0 Å². The van der Waals surface area contributed by atoms with Crippen molar-refractivity contribution < 1.29 is 12.6 Å². The molecule has 0 amide bonds. The van der Waals surface area contributed by atoms with Crippen LogP contribution in [0.4, 0.5) is 0 Å². The molecule has 6 heteroatoms. The Balaban J connectivity index is 1.57. The summed E-state index contributed by atoms with van der Waals surface area (Å²) in [7, 11) is -3.79. The van der Waals surface area contributed by atoms with Gasteiger partial charge in [-0.1, -0.05) is 146 Å². The van der Waals surface area contributed by atoms with Crippen molar-refractivity contribution in [2.24, 2.45) is 0 Å². The number of hydrogen-bond donors (Lipinski definition) is 0. The largest absolute Gasteiger partial charge is 0.318 e. The van der Waals surface area contributed by atoms with E-state index in [9.17, 15) is 8.42 Å². The van der Waals surface area contributed by atoms with Crippen LogP contribution in [0.5, 0.6) is 0 Å². The number of benzene rings is 5. The normalized spacial score (nSPS) is 12.6. The standard InChI is InChI=1S/C38H34N2O3S/c1-3-29-16-15-17-30(26-29)37(43-44(2,41)42)35-25-14-13-24-34(35)36-27-40(28-39-36)38(31-18-7-4-8-19-31,32-20-9-5-10-21-32)33-22-11-6-12-23-33/h4-28,37H,3H2,1-2H3. The highest BCUT2D eigenvalue weighted by atomic mass is 32.2. The lowest BCUT2D eigenvalue weighted by molar-refractivity contribution is 0.257. The average Bonchev–Trinajstić information content (AvgIpc) is 3.56. The molecule has 5 nitrogen and oxygen atoms in total. The Hall–Kier alpha value is -4.78. The lowest BCUT2D eigenvalue weighted by atomic mass is 9.76. The topological polar surface area (TPSA) is 61.2 Å². The van der Waals surface area contributed by atoms with Gasteiger partial charge < -0.3 is 4.57 Å². The van der Waals surface area contributed by atoms with Crippen LogP contribution < -0.4 is 0 Å². The fraction of sp³-hybridized carbons (Fsp3) is 0.132. The quantitative estimate of drug-likeness (QED) is 0.118. The summed E-state index contributed by atoms with van der Waals surface area (Å²) < 4.78 is 33.1. The molecule has 0 fully saturated rings. The third-order valence-corrected chi connectivity index (χ3v) is 8.54. The number of rotatable bonds is 10. The van der Waals surface area contributed by atoms with Crippen molar-refractivity contribution in [1.82, 2.24) is 9.55 Å². The Morgan fingerprint density at radius 2 is 1.27 bits per heavy atom. The van der Waals surface area contributed by atoms with Gasteiger partial charge in [-0.15, -0.1) is 0 Å². The molecule has 6 aromatic rings. The molecule has 1 aromatic heterocycles. The van der Waals surface area contributed by atoms with E-state index in [1.807, 2.05) is 79.3 Å². The average molecular weight is 599 g/mol. The predicted octanol–water partition coefficient (Wildman–Crippen LogP) is 8.02. The van der Waals surface area contributed by atoms with Gasteiger partial charge in [0, 0.05) is 11.8 Å². The molecular weight excluding hydrogens is 564 g/mol. The second kappa shape index (κ2) is 12.4. The molecule has 0 spiro atoms. The molecule has 0 saturated heterocycles. The number of imidazole rings is 1. The van der Waals surface area contributed by atoms with Gasteiger partial charge in [0.2, 0.25) is 0 Å². The Labute approximate surface area is 259 Å². The lowest BCUT2D eigenvalue weighted by Crippen LogP contribution is -2.36. The van der Waals surface area contributed by atoms with E-state index >= 15 is 0 Å². The van der Waals surface area contributed by atoms with E-state index in [1.54, 1.807) is 0 Å². The molecule has 0 radical (unpaired) electrons. The van der Waals surface area contributed by atoms with Crippen LogP contribution in [0.3, 0.4) is 0 Å². The van der Waals surface area contributed by atoms with E-state index in [2.05, 4.69) is 84.3 Å². The molecule has 1 unspecified atom stereocenters. The first-order valence-electron chi connectivity index (χ1n) is 14.7. The first-order chi connectivity index (χ1) is 21.4. The first kappa shape index (κ1) is 29.3. The van der Waals surface area contributed by atoms with Crippen molar-refractivity contribution in [2.45, 2.75) is 25.0 Å². The third-order valence-electron chi connectivity index (χ3n) is 8.00.